The van der Waals surface area contributed by atoms with Gasteiger partial charge in [0.05, 0.1) is 31.4 Å². The van der Waals surface area contributed by atoms with E-state index in [2.05, 4.69) is 10.6 Å². The van der Waals surface area contributed by atoms with Crippen LogP contribution in [-0.4, -0.2) is 56.3 Å². The number of carbonyl (C=O) groups excluding carboxylic acids is 3. The third-order valence-electron chi connectivity index (χ3n) is 5.59. The number of cyclic esters (lactones) is 1. The van der Waals surface area contributed by atoms with Gasteiger partial charge in [-0.25, -0.2) is 9.59 Å². The smallest absolute Gasteiger partial charge is 0.336 e. The topological polar surface area (TPSA) is 106 Å². The van der Waals surface area contributed by atoms with Crippen molar-refractivity contribution in [2.45, 2.75) is 25.4 Å². The first-order valence-corrected chi connectivity index (χ1v) is 9.50. The van der Waals surface area contributed by atoms with Crippen molar-refractivity contribution < 1.29 is 28.6 Å². The zero-order valence-corrected chi connectivity index (χ0v) is 16.5. The predicted octanol–water partition coefficient (Wildman–Crippen LogP) is 1.11. The number of ether oxygens (including phenoxy) is 3. The van der Waals surface area contributed by atoms with E-state index >= 15 is 0 Å². The summed E-state index contributed by atoms with van der Waals surface area (Å²) in [6, 6.07) is 4.81. The summed E-state index contributed by atoms with van der Waals surface area (Å²) < 4.78 is 16.1. The molecule has 3 heterocycles. The Hall–Kier alpha value is -3.23. The van der Waals surface area contributed by atoms with Crippen molar-refractivity contribution in [3.05, 3.63) is 35.0 Å². The first-order chi connectivity index (χ1) is 14.0. The van der Waals surface area contributed by atoms with Gasteiger partial charge in [-0.15, -0.1) is 0 Å². The molecular formula is C20H23N3O6. The Labute approximate surface area is 168 Å². The van der Waals surface area contributed by atoms with Crippen LogP contribution < -0.4 is 20.1 Å². The lowest BCUT2D eigenvalue weighted by Gasteiger charge is -2.46. The lowest BCUT2D eigenvalue weighted by atomic mass is 9.74. The van der Waals surface area contributed by atoms with Crippen LogP contribution in [0.5, 0.6) is 11.5 Å². The number of hydrogen-bond donors (Lipinski definition) is 2. The molecule has 3 aliphatic heterocycles. The van der Waals surface area contributed by atoms with E-state index in [0.29, 0.717) is 34.9 Å². The predicted molar refractivity (Wildman–Crippen MR) is 101 cm³/mol. The van der Waals surface area contributed by atoms with Crippen molar-refractivity contribution in [2.75, 3.05) is 27.4 Å². The van der Waals surface area contributed by atoms with E-state index in [0.717, 1.165) is 6.42 Å². The van der Waals surface area contributed by atoms with Crippen LogP contribution in [0.25, 0.3) is 0 Å². The Morgan fingerprint density at radius 3 is 2.69 bits per heavy atom. The SMILES string of the molecule is CCCN1C(=O)NC(=O)C2C(c3ccc(OC)cc3OC)C3=C(COC3=O)NC21. The van der Waals surface area contributed by atoms with E-state index in [-0.39, 0.29) is 6.61 Å². The molecular weight excluding hydrogens is 378 g/mol. The number of carbonyl (C=O) groups is 3. The number of rotatable bonds is 5. The molecule has 1 saturated heterocycles. The minimum Gasteiger partial charge on any atom is -0.497 e. The van der Waals surface area contributed by atoms with E-state index in [4.69, 9.17) is 14.2 Å². The summed E-state index contributed by atoms with van der Waals surface area (Å²) in [7, 11) is 3.07. The van der Waals surface area contributed by atoms with Crippen LogP contribution in [0, 0.1) is 5.92 Å². The lowest BCUT2D eigenvalue weighted by Crippen LogP contribution is -2.67. The summed E-state index contributed by atoms with van der Waals surface area (Å²) in [5, 5.41) is 5.65. The molecule has 0 aliphatic carbocycles. The largest absolute Gasteiger partial charge is 0.497 e. The van der Waals surface area contributed by atoms with Crippen molar-refractivity contribution in [3.8, 4) is 11.5 Å². The molecule has 0 saturated carbocycles. The third-order valence-corrected chi connectivity index (χ3v) is 5.59. The van der Waals surface area contributed by atoms with Crippen LogP contribution in [0.3, 0.4) is 0 Å². The molecule has 0 aromatic heterocycles. The van der Waals surface area contributed by atoms with Gasteiger partial charge in [-0.1, -0.05) is 13.0 Å². The fourth-order valence-corrected chi connectivity index (χ4v) is 4.34. The van der Waals surface area contributed by atoms with Crippen LogP contribution in [0.4, 0.5) is 4.79 Å². The molecule has 9 nitrogen and oxygen atoms in total. The third kappa shape index (κ3) is 2.97. The van der Waals surface area contributed by atoms with Crippen LogP contribution >= 0.6 is 0 Å². The van der Waals surface area contributed by atoms with Gasteiger partial charge in [-0.2, -0.15) is 0 Å². The van der Waals surface area contributed by atoms with Gasteiger partial charge >= 0.3 is 12.0 Å². The number of imide groups is 1. The number of hydrogen-bond acceptors (Lipinski definition) is 7. The zero-order valence-electron chi connectivity index (χ0n) is 16.5. The molecule has 154 valence electrons. The molecule has 1 aromatic rings. The molecule has 29 heavy (non-hydrogen) atoms. The average molecular weight is 401 g/mol. The molecule has 3 amide bonds. The number of amides is 3. The maximum absolute atomic E-state index is 13.0. The normalized spacial score (nSPS) is 25.7. The highest BCUT2D eigenvalue weighted by Gasteiger charge is 2.54. The molecule has 4 rings (SSSR count). The molecule has 1 fully saturated rings. The highest BCUT2D eigenvalue weighted by atomic mass is 16.5. The van der Waals surface area contributed by atoms with Gasteiger partial charge in [-0.3, -0.25) is 10.1 Å². The molecule has 2 N–H and O–H groups in total. The van der Waals surface area contributed by atoms with Gasteiger partial charge in [0.15, 0.2) is 0 Å². The van der Waals surface area contributed by atoms with E-state index in [1.807, 2.05) is 6.92 Å². The zero-order chi connectivity index (χ0) is 20.7. The number of nitrogens with one attached hydrogen (secondary N) is 2. The Morgan fingerprint density at radius 1 is 1.21 bits per heavy atom. The van der Waals surface area contributed by atoms with Crippen LogP contribution in [-0.2, 0) is 14.3 Å². The van der Waals surface area contributed by atoms with E-state index in [9.17, 15) is 14.4 Å². The number of urea groups is 1. The average Bonchev–Trinajstić information content (AvgIpc) is 3.09. The van der Waals surface area contributed by atoms with Gasteiger partial charge in [0.25, 0.3) is 0 Å². The number of methoxy groups -OCH3 is 2. The summed E-state index contributed by atoms with van der Waals surface area (Å²) >= 11 is 0. The van der Waals surface area contributed by atoms with Gasteiger partial charge in [0, 0.05) is 24.1 Å². The van der Waals surface area contributed by atoms with Crippen LogP contribution in [0.1, 0.15) is 24.8 Å². The van der Waals surface area contributed by atoms with Gasteiger partial charge in [-0.05, 0) is 12.5 Å². The van der Waals surface area contributed by atoms with E-state index < -0.39 is 35.9 Å². The Morgan fingerprint density at radius 2 is 2.00 bits per heavy atom. The first kappa shape index (κ1) is 19.1. The maximum Gasteiger partial charge on any atom is 0.336 e. The molecule has 9 heteroatoms. The molecule has 3 unspecified atom stereocenters. The second-order valence-corrected chi connectivity index (χ2v) is 7.16. The highest BCUT2D eigenvalue weighted by Crippen LogP contribution is 2.47. The molecule has 0 bridgehead atoms. The van der Waals surface area contributed by atoms with E-state index in [1.54, 1.807) is 30.2 Å². The second-order valence-electron chi connectivity index (χ2n) is 7.16. The van der Waals surface area contributed by atoms with Crippen molar-refractivity contribution in [1.29, 1.82) is 0 Å². The number of esters is 1. The molecule has 3 aliphatic rings. The number of fused-ring (bicyclic) bond motifs is 1. The van der Waals surface area contributed by atoms with Crippen molar-refractivity contribution in [3.63, 3.8) is 0 Å². The fraction of sp³-hybridized carbons (Fsp3) is 0.450. The van der Waals surface area contributed by atoms with E-state index in [1.165, 1.54) is 7.11 Å². The van der Waals surface area contributed by atoms with Crippen molar-refractivity contribution >= 4 is 17.9 Å². The van der Waals surface area contributed by atoms with Gasteiger partial charge in [0.1, 0.15) is 24.3 Å². The Kier molecular flexibility index (Phi) is 4.81. The standard InChI is InChI=1S/C20H23N3O6/c1-4-7-23-17-16(18(24)22-20(23)26)14(15-12(21-17)9-29-19(15)25)11-6-5-10(27-2)8-13(11)28-3/h5-6,8,14,16-17,21H,4,7,9H2,1-3H3,(H,22,24,26). The molecule has 0 spiro atoms. The summed E-state index contributed by atoms with van der Waals surface area (Å²) in [4.78, 5) is 39.6. The highest BCUT2D eigenvalue weighted by molar-refractivity contribution is 6.02. The van der Waals surface area contributed by atoms with Crippen molar-refractivity contribution in [1.82, 2.24) is 15.5 Å². The number of nitrogens with zero attached hydrogens (tertiary/aromatic N) is 1. The van der Waals surface area contributed by atoms with Gasteiger partial charge in [0.2, 0.25) is 5.91 Å². The minimum atomic E-state index is -0.717. The molecule has 1 aromatic carbocycles. The Balaban J connectivity index is 1.88. The monoisotopic (exact) mass is 401 g/mol. The van der Waals surface area contributed by atoms with Gasteiger partial charge < -0.3 is 24.4 Å². The van der Waals surface area contributed by atoms with Crippen LogP contribution in [0.2, 0.25) is 0 Å². The summed E-state index contributed by atoms with van der Waals surface area (Å²) in [5.74, 6) is -1.16. The molecule has 0 radical (unpaired) electrons. The number of benzene rings is 1. The fourth-order valence-electron chi connectivity index (χ4n) is 4.34. The first-order valence-electron chi connectivity index (χ1n) is 9.50. The second kappa shape index (κ2) is 7.31. The Bertz CT molecular complexity index is 911. The molecule has 3 atom stereocenters. The lowest BCUT2D eigenvalue weighted by molar-refractivity contribution is -0.136. The van der Waals surface area contributed by atoms with Crippen LogP contribution in [0.15, 0.2) is 29.5 Å². The quantitative estimate of drug-likeness (QED) is 0.712. The summed E-state index contributed by atoms with van der Waals surface area (Å²) in [6.45, 7) is 2.51. The maximum atomic E-state index is 13.0. The summed E-state index contributed by atoms with van der Waals surface area (Å²) in [6.07, 6.45) is 0.144. The summed E-state index contributed by atoms with van der Waals surface area (Å²) in [5.41, 5.74) is 1.66. The van der Waals surface area contributed by atoms with Crippen molar-refractivity contribution in [2.24, 2.45) is 5.92 Å². The minimum absolute atomic E-state index is 0.0854.